The van der Waals surface area contributed by atoms with Crippen molar-refractivity contribution in [2.45, 2.75) is 57.0 Å². The van der Waals surface area contributed by atoms with Crippen molar-refractivity contribution in [3.05, 3.63) is 66.0 Å². The Labute approximate surface area is 172 Å². The average Bonchev–Trinajstić information content (AvgIpc) is 3.11. The zero-order valence-corrected chi connectivity index (χ0v) is 17.5. The van der Waals surface area contributed by atoms with E-state index < -0.39 is 0 Å². The van der Waals surface area contributed by atoms with Crippen LogP contribution in [0, 0.1) is 0 Å². The highest BCUT2D eigenvalue weighted by atomic mass is 32.2. The number of nitrogens with two attached hydrogens (primary N) is 1. The molecule has 0 fully saturated rings. The molecule has 1 heterocycles. The van der Waals surface area contributed by atoms with Gasteiger partial charge in [0.15, 0.2) is 5.16 Å². The molecule has 2 N–H and O–H groups in total. The Bertz CT molecular complexity index is 828. The van der Waals surface area contributed by atoms with Crippen molar-refractivity contribution in [1.29, 1.82) is 0 Å². The predicted molar refractivity (Wildman–Crippen MR) is 119 cm³/mol. The van der Waals surface area contributed by atoms with Gasteiger partial charge in [0, 0.05) is 23.5 Å². The summed E-state index contributed by atoms with van der Waals surface area (Å²) in [5.41, 5.74) is 8.95. The van der Waals surface area contributed by atoms with Gasteiger partial charge >= 0.3 is 0 Å². The van der Waals surface area contributed by atoms with Gasteiger partial charge in [-0.2, -0.15) is 0 Å². The first kappa shape index (κ1) is 20.5. The van der Waals surface area contributed by atoms with Crippen LogP contribution in [0.3, 0.4) is 0 Å². The fourth-order valence-electron chi connectivity index (χ4n) is 3.22. The van der Waals surface area contributed by atoms with Gasteiger partial charge in [0.05, 0.1) is 0 Å². The number of nitrogens with zero attached hydrogens (tertiary/aromatic N) is 3. The molecule has 0 aliphatic carbocycles. The first-order chi connectivity index (χ1) is 13.8. The fourth-order valence-corrected chi connectivity index (χ4v) is 4.18. The van der Waals surface area contributed by atoms with E-state index in [1.807, 2.05) is 30.3 Å². The van der Waals surface area contributed by atoms with E-state index in [9.17, 15) is 0 Å². The van der Waals surface area contributed by atoms with Crippen molar-refractivity contribution in [1.82, 2.24) is 14.8 Å². The summed E-state index contributed by atoms with van der Waals surface area (Å²) in [5.74, 6) is 2.03. The largest absolute Gasteiger partial charge is 0.399 e. The highest BCUT2D eigenvalue weighted by molar-refractivity contribution is 7.99. The minimum absolute atomic E-state index is 0.760. The Hall–Kier alpha value is -2.27. The van der Waals surface area contributed by atoms with E-state index in [-0.39, 0.29) is 0 Å². The van der Waals surface area contributed by atoms with Gasteiger partial charge in [-0.15, -0.1) is 10.2 Å². The van der Waals surface area contributed by atoms with E-state index in [2.05, 4.69) is 46.0 Å². The second-order valence-electron chi connectivity index (χ2n) is 7.10. The van der Waals surface area contributed by atoms with Crippen molar-refractivity contribution in [3.63, 3.8) is 0 Å². The van der Waals surface area contributed by atoms with E-state index in [0.29, 0.717) is 0 Å². The minimum Gasteiger partial charge on any atom is -0.399 e. The number of aromatic nitrogens is 3. The molecular formula is C23H30N4S. The molecule has 0 amide bonds. The van der Waals surface area contributed by atoms with E-state index in [1.54, 1.807) is 11.8 Å². The Morgan fingerprint density at radius 2 is 1.57 bits per heavy atom. The molecule has 4 nitrogen and oxygen atoms in total. The lowest BCUT2D eigenvalue weighted by atomic mass is 10.1. The zero-order chi connectivity index (χ0) is 19.6. The van der Waals surface area contributed by atoms with Crippen molar-refractivity contribution in [2.75, 3.05) is 11.5 Å². The summed E-state index contributed by atoms with van der Waals surface area (Å²) >= 11 is 1.80. The van der Waals surface area contributed by atoms with Crippen molar-refractivity contribution in [3.8, 4) is 5.69 Å². The summed E-state index contributed by atoms with van der Waals surface area (Å²) in [6.07, 6.45) is 8.60. The first-order valence-electron chi connectivity index (χ1n) is 10.2. The topological polar surface area (TPSA) is 56.7 Å². The first-order valence-corrected chi connectivity index (χ1v) is 11.2. The summed E-state index contributed by atoms with van der Waals surface area (Å²) in [5, 5.41) is 9.98. The number of rotatable bonds is 11. The third-order valence-corrected chi connectivity index (χ3v) is 5.80. The molecule has 0 saturated heterocycles. The quantitative estimate of drug-likeness (QED) is 0.250. The highest BCUT2D eigenvalue weighted by Gasteiger charge is 2.15. The molecule has 148 valence electrons. The maximum absolute atomic E-state index is 5.88. The Morgan fingerprint density at radius 3 is 2.32 bits per heavy atom. The molecule has 0 saturated carbocycles. The molecule has 0 aliphatic rings. The molecular weight excluding hydrogens is 364 g/mol. The van der Waals surface area contributed by atoms with Crippen LogP contribution < -0.4 is 5.73 Å². The van der Waals surface area contributed by atoms with E-state index >= 15 is 0 Å². The van der Waals surface area contributed by atoms with Crippen LogP contribution in [0.2, 0.25) is 0 Å². The maximum Gasteiger partial charge on any atom is 0.195 e. The van der Waals surface area contributed by atoms with Crippen LogP contribution in [0.5, 0.6) is 0 Å². The smallest absolute Gasteiger partial charge is 0.195 e. The molecule has 3 aromatic rings. The molecule has 3 rings (SSSR count). The molecule has 0 spiro atoms. The number of nitrogen functional groups attached to an aromatic ring is 1. The minimum atomic E-state index is 0.760. The molecule has 0 radical (unpaired) electrons. The molecule has 0 bridgehead atoms. The van der Waals surface area contributed by atoms with E-state index in [4.69, 9.17) is 5.73 Å². The number of thioether (sulfide) groups is 1. The zero-order valence-electron chi connectivity index (χ0n) is 16.7. The number of benzene rings is 2. The molecule has 28 heavy (non-hydrogen) atoms. The third kappa shape index (κ3) is 5.86. The van der Waals surface area contributed by atoms with E-state index in [1.165, 1.54) is 44.1 Å². The molecule has 0 atom stereocenters. The summed E-state index contributed by atoms with van der Waals surface area (Å²) in [6.45, 7) is 2.26. The average molecular weight is 395 g/mol. The van der Waals surface area contributed by atoms with Crippen LogP contribution in [0.1, 0.15) is 56.8 Å². The lowest BCUT2D eigenvalue weighted by molar-refractivity contribution is 0.626. The second-order valence-corrected chi connectivity index (χ2v) is 8.17. The van der Waals surface area contributed by atoms with Crippen molar-refractivity contribution >= 4 is 17.4 Å². The molecule has 5 heteroatoms. The lowest BCUT2D eigenvalue weighted by Crippen LogP contribution is -2.04. The van der Waals surface area contributed by atoms with Crippen LogP contribution >= 0.6 is 11.8 Å². The number of hydrogen-bond acceptors (Lipinski definition) is 4. The van der Waals surface area contributed by atoms with Gasteiger partial charge in [0.1, 0.15) is 5.82 Å². The van der Waals surface area contributed by atoms with Crippen LogP contribution in [0.25, 0.3) is 5.69 Å². The van der Waals surface area contributed by atoms with Crippen LogP contribution in [-0.4, -0.2) is 20.5 Å². The summed E-state index contributed by atoms with van der Waals surface area (Å²) < 4.78 is 2.17. The monoisotopic (exact) mass is 394 g/mol. The molecule has 1 aromatic heterocycles. The normalized spacial score (nSPS) is 11.0. The predicted octanol–water partition coefficient (Wildman–Crippen LogP) is 5.89. The van der Waals surface area contributed by atoms with Crippen molar-refractivity contribution in [2.24, 2.45) is 0 Å². The SMILES string of the molecule is CCCCCCCCSc1nnc(Cc2ccccc2)n1-c1ccc(N)cc1. The standard InChI is InChI=1S/C23H30N4S/c1-2-3-4-5-6-10-17-28-23-26-25-22(18-19-11-8-7-9-12-19)27(23)21-15-13-20(24)14-16-21/h7-9,11-16H,2-6,10,17-18,24H2,1H3. The summed E-state index contributed by atoms with van der Waals surface area (Å²) in [7, 11) is 0. The second kappa shape index (κ2) is 10.9. The van der Waals surface area contributed by atoms with E-state index in [0.717, 1.165) is 34.5 Å². The third-order valence-electron chi connectivity index (χ3n) is 4.79. The fraction of sp³-hybridized carbons (Fsp3) is 0.391. The number of anilines is 1. The van der Waals surface area contributed by atoms with Crippen LogP contribution in [0.4, 0.5) is 5.69 Å². The van der Waals surface area contributed by atoms with Crippen molar-refractivity contribution < 1.29 is 0 Å². The van der Waals surface area contributed by atoms with Gasteiger partial charge < -0.3 is 5.73 Å². The Kier molecular flexibility index (Phi) is 7.97. The van der Waals surface area contributed by atoms with Crippen LogP contribution in [-0.2, 0) is 6.42 Å². The number of hydrogen-bond donors (Lipinski definition) is 1. The maximum atomic E-state index is 5.88. The van der Waals surface area contributed by atoms with Gasteiger partial charge in [-0.25, -0.2) is 0 Å². The summed E-state index contributed by atoms with van der Waals surface area (Å²) in [6, 6.07) is 18.4. The van der Waals surface area contributed by atoms with Crippen LogP contribution in [0.15, 0.2) is 59.8 Å². The lowest BCUT2D eigenvalue weighted by Gasteiger charge is -2.11. The molecule has 0 aliphatic heterocycles. The Morgan fingerprint density at radius 1 is 0.857 bits per heavy atom. The molecule has 0 unspecified atom stereocenters. The van der Waals surface area contributed by atoms with Gasteiger partial charge in [-0.3, -0.25) is 4.57 Å². The van der Waals surface area contributed by atoms with Gasteiger partial charge in [-0.05, 0) is 36.2 Å². The Balaban J connectivity index is 1.71. The summed E-state index contributed by atoms with van der Waals surface area (Å²) in [4.78, 5) is 0. The molecule has 2 aromatic carbocycles. The highest BCUT2D eigenvalue weighted by Crippen LogP contribution is 2.25. The van der Waals surface area contributed by atoms with Gasteiger partial charge in [-0.1, -0.05) is 81.1 Å². The van der Waals surface area contributed by atoms with Gasteiger partial charge in [0.2, 0.25) is 0 Å². The van der Waals surface area contributed by atoms with Gasteiger partial charge in [0.25, 0.3) is 0 Å². The number of unbranched alkanes of at least 4 members (excludes halogenated alkanes) is 5.